The van der Waals surface area contributed by atoms with Crippen molar-refractivity contribution in [2.75, 3.05) is 39.6 Å². The van der Waals surface area contributed by atoms with Crippen molar-refractivity contribution in [1.29, 1.82) is 0 Å². The first kappa shape index (κ1) is 111. The number of carbonyl (C=O) groups excluding carboxylic acids is 4. The molecule has 0 aromatic carbocycles. The molecule has 0 saturated carbocycles. The predicted octanol–water partition coefficient (Wildman–Crippen LogP) is 29.5. The summed E-state index contributed by atoms with van der Waals surface area (Å²) in [7, 11) is -9.93. The van der Waals surface area contributed by atoms with Crippen LogP contribution < -0.4 is 0 Å². The van der Waals surface area contributed by atoms with Gasteiger partial charge in [0, 0.05) is 25.7 Å². The molecule has 0 bridgehead atoms. The van der Waals surface area contributed by atoms with E-state index in [2.05, 4.69) is 34.6 Å². The lowest BCUT2D eigenvalue weighted by molar-refractivity contribution is -0.161. The molecule has 672 valence electrons. The van der Waals surface area contributed by atoms with E-state index in [1.54, 1.807) is 0 Å². The summed E-state index contributed by atoms with van der Waals surface area (Å²) < 4.78 is 69.0. The lowest BCUT2D eigenvalue weighted by atomic mass is 9.99. The summed E-state index contributed by atoms with van der Waals surface area (Å²) in [6.07, 6.45) is 83.9. The van der Waals surface area contributed by atoms with Gasteiger partial charge in [-0.15, -0.1) is 0 Å². The van der Waals surface area contributed by atoms with Crippen LogP contribution in [0.5, 0.6) is 0 Å². The van der Waals surface area contributed by atoms with Crippen LogP contribution in [0, 0.1) is 5.92 Å². The van der Waals surface area contributed by atoms with Crippen molar-refractivity contribution >= 4 is 39.5 Å². The average Bonchev–Trinajstić information content (AvgIpc) is 0.902. The third kappa shape index (κ3) is 86.3. The highest BCUT2D eigenvalue weighted by Gasteiger charge is 2.31. The number of unbranched alkanes of at least 4 members (excludes halogenated alkanes) is 65. The number of hydrogen-bond donors (Lipinski definition) is 3. The molecule has 17 nitrogen and oxygen atoms in total. The van der Waals surface area contributed by atoms with Crippen LogP contribution in [0.2, 0.25) is 0 Å². The Labute approximate surface area is 696 Å². The van der Waals surface area contributed by atoms with Gasteiger partial charge in [-0.25, -0.2) is 9.13 Å². The summed E-state index contributed by atoms with van der Waals surface area (Å²) in [5, 5.41) is 10.7. The van der Waals surface area contributed by atoms with Gasteiger partial charge < -0.3 is 33.8 Å². The van der Waals surface area contributed by atoms with Gasteiger partial charge in [-0.05, 0) is 31.6 Å². The van der Waals surface area contributed by atoms with Crippen LogP contribution in [0.3, 0.4) is 0 Å². The third-order valence-corrected chi connectivity index (χ3v) is 24.5. The number of phosphoric acid groups is 2. The molecule has 3 unspecified atom stereocenters. The molecular formula is C94H184O17P2. The van der Waals surface area contributed by atoms with E-state index in [1.165, 1.54) is 327 Å². The molecule has 0 aromatic heterocycles. The number of carbonyl (C=O) groups is 4. The number of aliphatic hydroxyl groups is 1. The highest BCUT2D eigenvalue weighted by atomic mass is 31.2. The summed E-state index contributed by atoms with van der Waals surface area (Å²) in [6, 6.07) is 0. The summed E-state index contributed by atoms with van der Waals surface area (Å²) in [5.74, 6) is -1.23. The Morgan fingerprint density at radius 1 is 0.248 bits per heavy atom. The molecule has 0 aliphatic carbocycles. The number of hydrogen-bond acceptors (Lipinski definition) is 15. The monoisotopic (exact) mass is 1650 g/mol. The molecule has 0 heterocycles. The van der Waals surface area contributed by atoms with Gasteiger partial charge in [0.2, 0.25) is 0 Å². The van der Waals surface area contributed by atoms with Gasteiger partial charge in [-0.2, -0.15) is 0 Å². The fourth-order valence-electron chi connectivity index (χ4n) is 14.9. The Hall–Kier alpha value is -1.94. The predicted molar refractivity (Wildman–Crippen MR) is 469 cm³/mol. The first-order valence-electron chi connectivity index (χ1n) is 48.7. The highest BCUT2D eigenvalue weighted by Crippen LogP contribution is 2.45. The molecular weight excluding hydrogens is 1460 g/mol. The zero-order valence-electron chi connectivity index (χ0n) is 74.5. The number of esters is 4. The molecule has 0 amide bonds. The minimum Gasteiger partial charge on any atom is -0.462 e. The van der Waals surface area contributed by atoms with Crippen molar-refractivity contribution in [3.8, 4) is 0 Å². The molecule has 0 rings (SSSR count). The Morgan fingerprint density at radius 3 is 0.628 bits per heavy atom. The minimum atomic E-state index is -4.97. The summed E-state index contributed by atoms with van der Waals surface area (Å²) in [6.45, 7) is 7.43. The fourth-order valence-corrected chi connectivity index (χ4v) is 16.4. The second kappa shape index (κ2) is 86.4. The van der Waals surface area contributed by atoms with E-state index in [9.17, 15) is 43.2 Å². The topological polar surface area (TPSA) is 237 Å². The molecule has 0 radical (unpaired) electrons. The van der Waals surface area contributed by atoms with Gasteiger partial charge >= 0.3 is 39.5 Å². The Morgan fingerprint density at radius 2 is 0.425 bits per heavy atom. The van der Waals surface area contributed by atoms with Crippen LogP contribution in [-0.4, -0.2) is 96.7 Å². The normalized spacial score (nSPS) is 13.9. The number of aliphatic hydroxyl groups excluding tert-OH is 1. The maximum atomic E-state index is 13.2. The maximum absolute atomic E-state index is 13.2. The standard InChI is InChI=1S/C94H184O17P2/c1-6-10-13-16-19-21-23-25-27-29-31-33-35-37-42-46-50-54-58-63-68-73-78-92(97)105-84-90(111-94(99)80-75-70-65-60-56-52-48-44-40-39-41-45-49-53-57-62-66-71-76-87(5)9-4)86-109-113(102,103)107-82-88(95)81-106-112(100,101)108-85-89(83-104-91(96)77-72-67-61-18-15-12-8-3)110-93(98)79-74-69-64-59-55-51-47-43-38-36-34-32-30-28-26-24-22-20-17-14-11-7-2/h87-90,95H,6-86H2,1-5H3,(H,100,101)(H,102,103)/t87?,88-,89+,90+/m0/s1. The smallest absolute Gasteiger partial charge is 0.462 e. The van der Waals surface area contributed by atoms with Gasteiger partial charge in [0.15, 0.2) is 12.2 Å². The summed E-state index contributed by atoms with van der Waals surface area (Å²) in [5.41, 5.74) is 0. The molecule has 6 atom stereocenters. The first-order chi connectivity index (χ1) is 55.1. The Balaban J connectivity index is 5.12. The lowest BCUT2D eigenvalue weighted by Crippen LogP contribution is -2.30. The van der Waals surface area contributed by atoms with Gasteiger partial charge in [-0.1, -0.05) is 465 Å². The molecule has 19 heteroatoms. The quantitative estimate of drug-likeness (QED) is 0.0222. The van der Waals surface area contributed by atoms with E-state index >= 15 is 0 Å². The van der Waals surface area contributed by atoms with E-state index in [4.69, 9.17) is 37.0 Å². The van der Waals surface area contributed by atoms with Crippen LogP contribution in [0.15, 0.2) is 0 Å². The molecule has 0 saturated heterocycles. The molecule has 3 N–H and O–H groups in total. The van der Waals surface area contributed by atoms with E-state index in [-0.39, 0.29) is 25.7 Å². The van der Waals surface area contributed by atoms with E-state index < -0.39 is 97.5 Å². The van der Waals surface area contributed by atoms with Crippen molar-refractivity contribution < 1.29 is 80.2 Å². The Kier molecular flexibility index (Phi) is 85.0. The van der Waals surface area contributed by atoms with Crippen LogP contribution in [0.4, 0.5) is 0 Å². The third-order valence-electron chi connectivity index (χ3n) is 22.6. The zero-order valence-corrected chi connectivity index (χ0v) is 76.3. The van der Waals surface area contributed by atoms with Crippen molar-refractivity contribution in [2.45, 2.75) is 534 Å². The second-order valence-corrected chi connectivity index (χ2v) is 36.9. The molecule has 0 aromatic rings. The van der Waals surface area contributed by atoms with Gasteiger partial charge in [-0.3, -0.25) is 37.3 Å². The van der Waals surface area contributed by atoms with Crippen molar-refractivity contribution in [3.63, 3.8) is 0 Å². The SMILES string of the molecule is CCCCCCCCCCCCCCCCCCCCCCCCC(=O)OC[C@H](COP(=O)(O)OC[C@@H](O)COP(=O)(O)OC[C@@H](COC(=O)CCCCCCCCC)OC(=O)CCCCCCCCCCCCCCCCCCCCCCCC)OC(=O)CCCCCCCCCCCCCCCCCCCCC(C)CC. The maximum Gasteiger partial charge on any atom is 0.472 e. The van der Waals surface area contributed by atoms with Gasteiger partial charge in [0.1, 0.15) is 19.3 Å². The molecule has 0 aliphatic rings. The van der Waals surface area contributed by atoms with E-state index in [0.29, 0.717) is 25.7 Å². The summed E-state index contributed by atoms with van der Waals surface area (Å²) >= 11 is 0. The number of rotatable bonds is 94. The van der Waals surface area contributed by atoms with Crippen LogP contribution >= 0.6 is 15.6 Å². The van der Waals surface area contributed by atoms with E-state index in [0.717, 1.165) is 109 Å². The average molecular weight is 1650 g/mol. The van der Waals surface area contributed by atoms with Gasteiger partial charge in [0.05, 0.1) is 26.4 Å². The second-order valence-electron chi connectivity index (χ2n) is 34.0. The van der Waals surface area contributed by atoms with Crippen molar-refractivity contribution in [1.82, 2.24) is 0 Å². The molecule has 113 heavy (non-hydrogen) atoms. The summed E-state index contributed by atoms with van der Waals surface area (Å²) in [4.78, 5) is 73.3. The zero-order chi connectivity index (χ0) is 82.6. The molecule has 0 spiro atoms. The fraction of sp³-hybridized carbons (Fsp3) is 0.957. The lowest BCUT2D eigenvalue weighted by Gasteiger charge is -2.21. The van der Waals surface area contributed by atoms with Gasteiger partial charge in [0.25, 0.3) is 0 Å². The van der Waals surface area contributed by atoms with Crippen LogP contribution in [-0.2, 0) is 65.4 Å². The highest BCUT2D eigenvalue weighted by molar-refractivity contribution is 7.47. The molecule has 0 fully saturated rings. The number of ether oxygens (including phenoxy) is 4. The van der Waals surface area contributed by atoms with Crippen LogP contribution in [0.1, 0.15) is 516 Å². The molecule has 0 aliphatic heterocycles. The first-order valence-corrected chi connectivity index (χ1v) is 51.7. The van der Waals surface area contributed by atoms with Crippen molar-refractivity contribution in [2.24, 2.45) is 5.92 Å². The van der Waals surface area contributed by atoms with Crippen molar-refractivity contribution in [3.05, 3.63) is 0 Å². The number of phosphoric ester groups is 2. The minimum absolute atomic E-state index is 0.109. The van der Waals surface area contributed by atoms with E-state index in [1.807, 2.05) is 0 Å². The Bertz CT molecular complexity index is 2140. The van der Waals surface area contributed by atoms with Crippen LogP contribution in [0.25, 0.3) is 0 Å². The largest absolute Gasteiger partial charge is 0.472 e.